The third kappa shape index (κ3) is 7.03. The first kappa shape index (κ1) is 22.1. The van der Waals surface area contributed by atoms with Gasteiger partial charge in [0.1, 0.15) is 0 Å². The molecule has 0 radical (unpaired) electrons. The van der Waals surface area contributed by atoms with Gasteiger partial charge in [-0.15, -0.1) is 24.0 Å². The van der Waals surface area contributed by atoms with E-state index < -0.39 is 0 Å². The second kappa shape index (κ2) is 11.6. The van der Waals surface area contributed by atoms with E-state index in [1.54, 1.807) is 0 Å². The maximum atomic E-state index is 5.43. The number of guanidine groups is 1. The average Bonchev–Trinajstić information content (AvgIpc) is 3.13. The van der Waals surface area contributed by atoms with Crippen LogP contribution in [-0.2, 0) is 6.42 Å². The Bertz CT molecular complexity index is 604. The molecule has 0 aromatic heterocycles. The summed E-state index contributed by atoms with van der Waals surface area (Å²) in [6.07, 6.45) is 4.76. The molecule has 3 rings (SSSR count). The summed E-state index contributed by atoms with van der Waals surface area (Å²) in [6.45, 7) is 8.16. The van der Waals surface area contributed by atoms with Gasteiger partial charge in [-0.3, -0.25) is 4.99 Å². The Morgan fingerprint density at radius 3 is 2.67 bits per heavy atom. The van der Waals surface area contributed by atoms with Crippen molar-refractivity contribution in [1.29, 1.82) is 0 Å². The van der Waals surface area contributed by atoms with Crippen molar-refractivity contribution in [2.24, 2.45) is 10.9 Å². The molecular weight excluding hydrogens is 455 g/mol. The van der Waals surface area contributed by atoms with Crippen LogP contribution in [0.1, 0.15) is 31.7 Å². The van der Waals surface area contributed by atoms with Crippen molar-refractivity contribution in [3.8, 4) is 11.5 Å². The number of ether oxygens (including phenoxy) is 2. The first-order valence-electron chi connectivity index (χ1n) is 9.80. The molecule has 0 spiro atoms. The summed E-state index contributed by atoms with van der Waals surface area (Å²) >= 11 is 0. The molecule has 152 valence electrons. The van der Waals surface area contributed by atoms with Crippen LogP contribution in [0.25, 0.3) is 0 Å². The Labute approximate surface area is 180 Å². The Morgan fingerprint density at radius 2 is 1.89 bits per heavy atom. The average molecular weight is 488 g/mol. The summed E-state index contributed by atoms with van der Waals surface area (Å²) in [7, 11) is 1.82. The number of hydrogen-bond donors (Lipinski definition) is 2. The molecule has 0 unspecified atom stereocenters. The van der Waals surface area contributed by atoms with Gasteiger partial charge in [0, 0.05) is 20.1 Å². The number of piperidine rings is 1. The fourth-order valence-electron chi connectivity index (χ4n) is 3.44. The molecule has 1 aromatic rings. The SMILES string of the molecule is CN=C(NCCCN1CCC(C)CC1)NCCc1ccc2c(c1)OCO2.I. The van der Waals surface area contributed by atoms with Crippen molar-refractivity contribution in [3.63, 3.8) is 0 Å². The summed E-state index contributed by atoms with van der Waals surface area (Å²) in [4.78, 5) is 6.89. The standard InChI is InChI=1S/C20H32N4O2.HI/c1-16-7-12-24(13-8-16)11-3-9-22-20(21-2)23-10-6-17-4-5-18-19(14-17)26-15-25-18;/h4-5,14,16H,3,6-13,15H2,1-2H3,(H2,21,22,23);1H. The fraction of sp³-hybridized carbons (Fsp3) is 0.650. The van der Waals surface area contributed by atoms with Gasteiger partial charge in [0.05, 0.1) is 0 Å². The lowest BCUT2D eigenvalue weighted by Gasteiger charge is -2.30. The minimum absolute atomic E-state index is 0. The molecule has 1 fully saturated rings. The number of rotatable bonds is 7. The van der Waals surface area contributed by atoms with E-state index in [9.17, 15) is 0 Å². The minimum atomic E-state index is 0. The van der Waals surface area contributed by atoms with Crippen LogP contribution in [0.15, 0.2) is 23.2 Å². The highest BCUT2D eigenvalue weighted by atomic mass is 127. The predicted octanol–water partition coefficient (Wildman–Crippen LogP) is 2.86. The second-order valence-electron chi connectivity index (χ2n) is 7.24. The normalized spacial score (nSPS) is 17.5. The first-order chi connectivity index (χ1) is 12.7. The molecule has 0 saturated carbocycles. The predicted molar refractivity (Wildman–Crippen MR) is 121 cm³/mol. The number of aliphatic imine (C=N–C) groups is 1. The summed E-state index contributed by atoms with van der Waals surface area (Å²) < 4.78 is 10.8. The largest absolute Gasteiger partial charge is 0.454 e. The van der Waals surface area contributed by atoms with Gasteiger partial charge in [-0.05, 0) is 68.9 Å². The van der Waals surface area contributed by atoms with Gasteiger partial charge in [0.2, 0.25) is 6.79 Å². The number of halogens is 1. The molecule has 1 saturated heterocycles. The zero-order chi connectivity index (χ0) is 18.2. The Balaban J connectivity index is 0.00000261. The van der Waals surface area contributed by atoms with Crippen molar-refractivity contribution in [3.05, 3.63) is 23.8 Å². The molecule has 0 aliphatic carbocycles. The van der Waals surface area contributed by atoms with Crippen molar-refractivity contribution >= 4 is 29.9 Å². The number of fused-ring (bicyclic) bond motifs is 1. The second-order valence-corrected chi connectivity index (χ2v) is 7.24. The van der Waals surface area contributed by atoms with Crippen LogP contribution in [0, 0.1) is 5.92 Å². The van der Waals surface area contributed by atoms with Gasteiger partial charge in [-0.2, -0.15) is 0 Å². The van der Waals surface area contributed by atoms with Crippen LogP contribution >= 0.6 is 24.0 Å². The van der Waals surface area contributed by atoms with E-state index in [0.29, 0.717) is 6.79 Å². The molecule has 1 aromatic carbocycles. The molecule has 0 atom stereocenters. The summed E-state index contributed by atoms with van der Waals surface area (Å²) in [5.41, 5.74) is 1.23. The topological polar surface area (TPSA) is 58.1 Å². The van der Waals surface area contributed by atoms with Crippen molar-refractivity contribution in [1.82, 2.24) is 15.5 Å². The minimum Gasteiger partial charge on any atom is -0.454 e. The zero-order valence-corrected chi connectivity index (χ0v) is 18.8. The van der Waals surface area contributed by atoms with Gasteiger partial charge in [0.15, 0.2) is 17.5 Å². The molecular formula is C20H33IN4O2. The molecule has 2 heterocycles. The highest BCUT2D eigenvalue weighted by Gasteiger charge is 2.15. The van der Waals surface area contributed by atoms with E-state index >= 15 is 0 Å². The number of nitrogens with one attached hydrogen (secondary N) is 2. The van der Waals surface area contributed by atoms with E-state index in [1.807, 2.05) is 13.1 Å². The van der Waals surface area contributed by atoms with Crippen molar-refractivity contribution in [2.75, 3.05) is 46.6 Å². The van der Waals surface area contributed by atoms with Crippen LogP contribution in [0.2, 0.25) is 0 Å². The third-order valence-corrected chi connectivity index (χ3v) is 5.19. The Morgan fingerprint density at radius 1 is 1.15 bits per heavy atom. The Kier molecular flexibility index (Phi) is 9.47. The van der Waals surface area contributed by atoms with Crippen LogP contribution in [0.3, 0.4) is 0 Å². The summed E-state index contributed by atoms with van der Waals surface area (Å²) in [6, 6.07) is 6.12. The smallest absolute Gasteiger partial charge is 0.231 e. The van der Waals surface area contributed by atoms with E-state index in [0.717, 1.165) is 49.3 Å². The van der Waals surface area contributed by atoms with E-state index in [4.69, 9.17) is 9.47 Å². The zero-order valence-electron chi connectivity index (χ0n) is 16.5. The van der Waals surface area contributed by atoms with Crippen LogP contribution in [0.4, 0.5) is 0 Å². The van der Waals surface area contributed by atoms with Crippen LogP contribution in [-0.4, -0.2) is 57.4 Å². The number of nitrogens with zero attached hydrogens (tertiary/aromatic N) is 2. The van der Waals surface area contributed by atoms with Gasteiger partial charge in [0.25, 0.3) is 0 Å². The van der Waals surface area contributed by atoms with Gasteiger partial charge >= 0.3 is 0 Å². The molecule has 2 N–H and O–H groups in total. The molecule has 6 nitrogen and oxygen atoms in total. The number of benzene rings is 1. The van der Waals surface area contributed by atoms with Gasteiger partial charge < -0.3 is 25.0 Å². The lowest BCUT2D eigenvalue weighted by molar-refractivity contribution is 0.174. The lowest BCUT2D eigenvalue weighted by Crippen LogP contribution is -2.40. The first-order valence-corrected chi connectivity index (χ1v) is 9.80. The Hall–Kier alpha value is -1.22. The van der Waals surface area contributed by atoms with E-state index in [1.165, 1.54) is 38.0 Å². The maximum Gasteiger partial charge on any atom is 0.231 e. The summed E-state index contributed by atoms with van der Waals surface area (Å²) in [5, 5.41) is 6.80. The highest BCUT2D eigenvalue weighted by Crippen LogP contribution is 2.32. The molecule has 27 heavy (non-hydrogen) atoms. The molecule has 0 bridgehead atoms. The van der Waals surface area contributed by atoms with Crippen LogP contribution < -0.4 is 20.1 Å². The van der Waals surface area contributed by atoms with Crippen molar-refractivity contribution in [2.45, 2.75) is 32.6 Å². The molecule has 0 amide bonds. The highest BCUT2D eigenvalue weighted by molar-refractivity contribution is 14.0. The number of likely N-dealkylation sites (tertiary alicyclic amines) is 1. The third-order valence-electron chi connectivity index (χ3n) is 5.19. The number of hydrogen-bond acceptors (Lipinski definition) is 4. The monoisotopic (exact) mass is 488 g/mol. The quantitative estimate of drug-likeness (QED) is 0.268. The van der Waals surface area contributed by atoms with Crippen LogP contribution in [0.5, 0.6) is 11.5 Å². The molecule has 2 aliphatic rings. The molecule has 2 aliphatic heterocycles. The summed E-state index contributed by atoms with van der Waals surface area (Å²) in [5.74, 6) is 3.45. The van der Waals surface area contributed by atoms with Crippen molar-refractivity contribution < 1.29 is 9.47 Å². The van der Waals surface area contributed by atoms with E-state index in [-0.39, 0.29) is 24.0 Å². The van der Waals surface area contributed by atoms with Gasteiger partial charge in [-0.1, -0.05) is 13.0 Å². The maximum absolute atomic E-state index is 5.43. The van der Waals surface area contributed by atoms with Gasteiger partial charge in [-0.25, -0.2) is 0 Å². The lowest BCUT2D eigenvalue weighted by atomic mass is 9.99. The molecule has 7 heteroatoms. The fourth-order valence-corrected chi connectivity index (χ4v) is 3.44. The van der Waals surface area contributed by atoms with E-state index in [2.05, 4.69) is 39.6 Å².